The molecular formula is C49H71BN11O5P. The molecule has 5 aromatic rings. The molecule has 0 bridgehead atoms. The van der Waals surface area contributed by atoms with Gasteiger partial charge in [-0.3, -0.25) is 44.8 Å². The summed E-state index contributed by atoms with van der Waals surface area (Å²) in [6, 6.07) is 24.8. The number of alkyl carbamates (subject to hydrolysis) is 1. The summed E-state index contributed by atoms with van der Waals surface area (Å²) in [5.41, 5.74) is 4.35. The van der Waals surface area contributed by atoms with Gasteiger partial charge in [0.25, 0.3) is 5.56 Å². The van der Waals surface area contributed by atoms with Gasteiger partial charge in [-0.1, -0.05) is 76.1 Å². The standard InChI is InChI=1S/C27H36N8O4.C20H29N3.C2H6BOP/c1-21-18-24(36)33-25(32-21)34-26(37)30-14-6-2-3-7-15-31-27(38)39-17-16-35(19-22-10-4-8-12-28-22)20-23-11-5-9-13-29-23;1-2-3-4-5-6-11-16-23(17-19-12-7-9-14-21-19)18-20-13-8-10-15-22-20;1-5(2)3-4/h4-5,8-13,18H,2-3,6-7,14-17,19-20H2,1H3,(H,31,38)(H3,30,32,33,34,36,37);7-10,12-15H,2-6,11,16-18H2,1H3;1-2H3. The SMILES string of the molecule is CCCCCCCCN(Cc1ccccn1)Cc1ccccn1.CP(C)B=O.Cc1cc(=O)[nH]c(NC(=O)NCCCCCCNC(=O)OCCN(Cc2ccccn2)Cc2ccccn2)n1. The zero-order chi connectivity index (χ0) is 48.2. The van der Waals surface area contributed by atoms with Crippen molar-refractivity contribution in [2.45, 2.75) is 104 Å². The third kappa shape index (κ3) is 28.1. The number of anilines is 1. The van der Waals surface area contributed by atoms with Crippen molar-refractivity contribution >= 4 is 32.7 Å². The van der Waals surface area contributed by atoms with Crippen LogP contribution in [0.1, 0.15) is 99.6 Å². The molecule has 0 fully saturated rings. The van der Waals surface area contributed by atoms with E-state index in [1.54, 1.807) is 19.3 Å². The predicted octanol–water partition coefficient (Wildman–Crippen LogP) is 8.51. The Morgan fingerprint density at radius 2 is 1.10 bits per heavy atom. The number of rotatable bonds is 27. The second-order valence-electron chi connectivity index (χ2n) is 16.1. The number of nitrogens with one attached hydrogen (secondary N) is 4. The minimum atomic E-state index is -0.438. The molecule has 3 amide bonds. The molecule has 0 unspecified atom stereocenters. The van der Waals surface area contributed by atoms with Crippen LogP contribution in [0.15, 0.2) is 108 Å². The van der Waals surface area contributed by atoms with E-state index in [1.807, 2.05) is 74.3 Å². The van der Waals surface area contributed by atoms with Crippen molar-refractivity contribution in [3.8, 4) is 0 Å². The summed E-state index contributed by atoms with van der Waals surface area (Å²) in [7, 11) is -0.279. The molecule has 0 aliphatic heterocycles. The maximum Gasteiger partial charge on any atom is 0.407 e. The Labute approximate surface area is 399 Å². The van der Waals surface area contributed by atoms with Gasteiger partial charge in [0.2, 0.25) is 5.95 Å². The maximum absolute atomic E-state index is 12.1. The second-order valence-corrected chi connectivity index (χ2v) is 18.3. The third-order valence-corrected chi connectivity index (χ3v) is 10.3. The molecule has 0 aliphatic carbocycles. The monoisotopic (exact) mass is 936 g/mol. The molecule has 0 saturated carbocycles. The number of hydrogen-bond acceptors (Lipinski definition) is 12. The first kappa shape index (κ1) is 55.6. The molecule has 0 saturated heterocycles. The summed E-state index contributed by atoms with van der Waals surface area (Å²) in [6.07, 6.45) is 18.2. The number of aromatic amines is 1. The van der Waals surface area contributed by atoms with Gasteiger partial charge in [0, 0.05) is 82.4 Å². The average molecular weight is 936 g/mol. The minimum Gasteiger partial charge on any atom is -0.448 e. The first-order valence-electron chi connectivity index (χ1n) is 23.3. The van der Waals surface area contributed by atoms with Crippen LogP contribution in [0, 0.1) is 6.92 Å². The van der Waals surface area contributed by atoms with Crippen LogP contribution >= 0.6 is 7.80 Å². The van der Waals surface area contributed by atoms with Crippen molar-refractivity contribution in [1.29, 1.82) is 0 Å². The Balaban J connectivity index is 0.000000358. The molecule has 360 valence electrons. The number of pyridine rings is 4. The molecule has 0 atom stereocenters. The number of ether oxygens (including phenoxy) is 1. The topological polar surface area (TPSA) is 200 Å². The summed E-state index contributed by atoms with van der Waals surface area (Å²) >= 11 is 0. The normalized spacial score (nSPS) is 10.6. The van der Waals surface area contributed by atoms with Crippen molar-refractivity contribution in [2.24, 2.45) is 0 Å². The number of carbonyl (C=O) groups is 2. The van der Waals surface area contributed by atoms with Crippen LogP contribution in [0.4, 0.5) is 15.5 Å². The van der Waals surface area contributed by atoms with Gasteiger partial charge >= 0.3 is 44.8 Å². The molecule has 0 radical (unpaired) electrons. The van der Waals surface area contributed by atoms with Gasteiger partial charge in [0.15, 0.2) is 0 Å². The van der Waals surface area contributed by atoms with Gasteiger partial charge < -0.3 is 15.4 Å². The van der Waals surface area contributed by atoms with E-state index in [1.165, 1.54) is 44.6 Å². The quantitative estimate of drug-likeness (QED) is 0.0223. The Hall–Kier alpha value is -5.77. The van der Waals surface area contributed by atoms with E-state index in [4.69, 9.17) is 4.74 Å². The molecule has 5 rings (SSSR count). The number of unbranched alkanes of at least 4 members (excludes halogenated alkanes) is 8. The van der Waals surface area contributed by atoms with Crippen molar-refractivity contribution in [2.75, 3.05) is 51.4 Å². The number of amides is 3. The molecule has 67 heavy (non-hydrogen) atoms. The zero-order valence-electron chi connectivity index (χ0n) is 39.9. The third-order valence-electron chi connectivity index (χ3n) is 9.89. The van der Waals surface area contributed by atoms with Crippen molar-refractivity contribution in [3.05, 3.63) is 142 Å². The van der Waals surface area contributed by atoms with E-state index in [0.29, 0.717) is 38.4 Å². The summed E-state index contributed by atoms with van der Waals surface area (Å²) in [5, 5.41) is 8.02. The first-order valence-corrected chi connectivity index (χ1v) is 25.6. The van der Waals surface area contributed by atoms with Gasteiger partial charge in [-0.25, -0.2) is 14.6 Å². The maximum atomic E-state index is 12.1. The van der Waals surface area contributed by atoms with Crippen LogP contribution in [0.5, 0.6) is 0 Å². The van der Waals surface area contributed by atoms with Crippen molar-refractivity contribution in [1.82, 2.24) is 50.3 Å². The summed E-state index contributed by atoms with van der Waals surface area (Å²) < 4.78 is 14.9. The predicted molar refractivity (Wildman–Crippen MR) is 268 cm³/mol. The summed E-state index contributed by atoms with van der Waals surface area (Å²) in [5.74, 6) is 0.115. The van der Waals surface area contributed by atoms with Crippen LogP contribution in [-0.2, 0) is 35.6 Å². The smallest absolute Gasteiger partial charge is 0.407 e. The molecule has 18 heteroatoms. The van der Waals surface area contributed by atoms with Crippen LogP contribution in [0.25, 0.3) is 0 Å². The molecular weight excluding hydrogens is 864 g/mol. The van der Waals surface area contributed by atoms with Crippen LogP contribution < -0.4 is 21.5 Å². The number of carbonyl (C=O) groups excluding carboxylic acids is 2. The number of aromatic nitrogens is 6. The van der Waals surface area contributed by atoms with Crippen molar-refractivity contribution < 1.29 is 19.0 Å². The van der Waals surface area contributed by atoms with E-state index in [2.05, 4.69) is 86.8 Å². The number of H-pyrrole nitrogens is 1. The Morgan fingerprint density at radius 1 is 0.657 bits per heavy atom. The fourth-order valence-electron chi connectivity index (χ4n) is 6.53. The van der Waals surface area contributed by atoms with Gasteiger partial charge in [-0.2, -0.15) is 0 Å². The van der Waals surface area contributed by atoms with E-state index in [-0.39, 0.29) is 25.9 Å². The molecule has 0 aromatic carbocycles. The fraction of sp³-hybridized carbons (Fsp3) is 0.469. The zero-order valence-corrected chi connectivity index (χ0v) is 40.8. The van der Waals surface area contributed by atoms with Gasteiger partial charge in [-0.15, -0.1) is 0 Å². The fourth-order valence-corrected chi connectivity index (χ4v) is 6.53. The largest absolute Gasteiger partial charge is 0.448 e. The number of urea groups is 1. The molecule has 5 aromatic heterocycles. The molecule has 16 nitrogen and oxygen atoms in total. The van der Waals surface area contributed by atoms with Crippen LogP contribution in [-0.4, -0.2) is 105 Å². The second kappa shape index (κ2) is 35.4. The van der Waals surface area contributed by atoms with E-state index in [0.717, 1.165) is 75.0 Å². The summed E-state index contributed by atoms with van der Waals surface area (Å²) in [4.78, 5) is 64.2. The van der Waals surface area contributed by atoms with E-state index < -0.39 is 12.1 Å². The van der Waals surface area contributed by atoms with Gasteiger partial charge in [0.05, 0.1) is 22.8 Å². The minimum absolute atomic E-state index is 0.115. The molecule has 4 N–H and O–H groups in total. The molecule has 0 spiro atoms. The first-order chi connectivity index (χ1) is 32.6. The molecule has 0 aliphatic rings. The average Bonchev–Trinajstić information content (AvgIpc) is 3.32. The van der Waals surface area contributed by atoms with E-state index >= 15 is 0 Å². The Kier molecular flexibility index (Phi) is 29.4. The van der Waals surface area contributed by atoms with Crippen LogP contribution in [0.3, 0.4) is 0 Å². The number of aryl methyl sites for hydroxylation is 1. The van der Waals surface area contributed by atoms with Gasteiger partial charge in [0.1, 0.15) is 6.61 Å². The number of nitrogens with zero attached hydrogens (tertiary/aromatic N) is 7. The van der Waals surface area contributed by atoms with Gasteiger partial charge in [-0.05, 0) is 81.3 Å². The van der Waals surface area contributed by atoms with Crippen molar-refractivity contribution in [3.63, 3.8) is 0 Å². The summed E-state index contributed by atoms with van der Waals surface area (Å²) in [6.45, 7) is 14.7. The van der Waals surface area contributed by atoms with E-state index in [9.17, 15) is 19.1 Å². The number of hydrogen-bond donors (Lipinski definition) is 4. The Morgan fingerprint density at radius 3 is 1.55 bits per heavy atom. The molecule has 5 heterocycles. The Bertz CT molecular complexity index is 2030. The van der Waals surface area contributed by atoms with Crippen LogP contribution in [0.2, 0.25) is 0 Å².